The SMILES string of the molecule is CC(=O)c1ccc(-c2cc([Si](C)(C)C(C)(C)C)nc3ccccc23)cc1. The number of carbonyl (C=O) groups is 1. The highest BCUT2D eigenvalue weighted by Gasteiger charge is 2.38. The van der Waals surface area contributed by atoms with Crippen LogP contribution in [0.25, 0.3) is 22.0 Å². The highest BCUT2D eigenvalue weighted by molar-refractivity contribution is 6.91. The van der Waals surface area contributed by atoms with E-state index in [4.69, 9.17) is 4.98 Å². The molecule has 0 aliphatic carbocycles. The van der Waals surface area contributed by atoms with Crippen LogP contribution in [-0.4, -0.2) is 18.8 Å². The van der Waals surface area contributed by atoms with Crippen LogP contribution in [0.2, 0.25) is 18.1 Å². The second kappa shape index (κ2) is 6.47. The van der Waals surface area contributed by atoms with Gasteiger partial charge in [0.2, 0.25) is 0 Å². The largest absolute Gasteiger partial charge is 0.295 e. The second-order valence-corrected chi connectivity index (χ2v) is 13.8. The third-order valence-corrected chi connectivity index (χ3v) is 11.1. The Morgan fingerprint density at radius 2 is 1.58 bits per heavy atom. The van der Waals surface area contributed by atoms with Crippen molar-refractivity contribution in [3.05, 3.63) is 60.2 Å². The van der Waals surface area contributed by atoms with E-state index in [0.717, 1.165) is 22.0 Å². The van der Waals surface area contributed by atoms with Crippen molar-refractivity contribution in [3.8, 4) is 11.1 Å². The molecule has 0 bridgehead atoms. The average Bonchev–Trinajstić information content (AvgIpc) is 2.60. The van der Waals surface area contributed by atoms with Gasteiger partial charge in [-0.15, -0.1) is 0 Å². The van der Waals surface area contributed by atoms with Gasteiger partial charge in [0.05, 0.1) is 5.52 Å². The number of nitrogens with zero attached hydrogens (tertiary/aromatic N) is 1. The summed E-state index contributed by atoms with van der Waals surface area (Å²) >= 11 is 0. The third-order valence-electron chi connectivity index (χ3n) is 5.83. The molecule has 3 aromatic rings. The Morgan fingerprint density at radius 1 is 0.962 bits per heavy atom. The zero-order valence-electron chi connectivity index (χ0n) is 16.6. The number of carbonyl (C=O) groups excluding carboxylic acids is 1. The monoisotopic (exact) mass is 361 g/mol. The van der Waals surface area contributed by atoms with Crippen LogP contribution in [0.4, 0.5) is 0 Å². The summed E-state index contributed by atoms with van der Waals surface area (Å²) in [7, 11) is -1.76. The Morgan fingerprint density at radius 3 is 2.15 bits per heavy atom. The molecule has 0 amide bonds. The van der Waals surface area contributed by atoms with Crippen LogP contribution in [0.3, 0.4) is 0 Å². The molecule has 0 saturated carbocycles. The number of fused-ring (bicyclic) bond motifs is 1. The van der Waals surface area contributed by atoms with Crippen LogP contribution in [-0.2, 0) is 0 Å². The van der Waals surface area contributed by atoms with E-state index in [0.29, 0.717) is 0 Å². The topological polar surface area (TPSA) is 30.0 Å². The lowest BCUT2D eigenvalue weighted by molar-refractivity contribution is 0.101. The first-order valence-electron chi connectivity index (χ1n) is 9.13. The quantitative estimate of drug-likeness (QED) is 0.434. The second-order valence-electron chi connectivity index (χ2n) is 8.58. The van der Waals surface area contributed by atoms with E-state index >= 15 is 0 Å². The van der Waals surface area contributed by atoms with Crippen LogP contribution in [0.5, 0.6) is 0 Å². The fraction of sp³-hybridized carbons (Fsp3) is 0.304. The van der Waals surface area contributed by atoms with E-state index in [1.54, 1.807) is 6.92 Å². The fourth-order valence-corrected chi connectivity index (χ4v) is 4.68. The highest BCUT2D eigenvalue weighted by atomic mass is 28.3. The Labute approximate surface area is 157 Å². The van der Waals surface area contributed by atoms with Gasteiger partial charge in [-0.2, -0.15) is 0 Å². The van der Waals surface area contributed by atoms with E-state index < -0.39 is 8.07 Å². The molecular formula is C23H27NOSi. The number of ketones is 1. The lowest BCUT2D eigenvalue weighted by atomic mass is 9.99. The first kappa shape index (κ1) is 18.5. The van der Waals surface area contributed by atoms with Gasteiger partial charge in [-0.1, -0.05) is 76.3 Å². The molecule has 0 N–H and O–H groups in total. The first-order chi connectivity index (χ1) is 12.1. The molecule has 0 aliphatic rings. The van der Waals surface area contributed by atoms with Crippen LogP contribution < -0.4 is 5.32 Å². The fourth-order valence-electron chi connectivity index (χ4n) is 3.00. The summed E-state index contributed by atoms with van der Waals surface area (Å²) in [6.07, 6.45) is 0. The lowest BCUT2D eigenvalue weighted by Crippen LogP contribution is -2.51. The smallest absolute Gasteiger partial charge is 0.159 e. The van der Waals surface area contributed by atoms with E-state index in [-0.39, 0.29) is 10.8 Å². The van der Waals surface area contributed by atoms with Gasteiger partial charge in [0, 0.05) is 16.3 Å². The summed E-state index contributed by atoms with van der Waals surface area (Å²) < 4.78 is 0. The van der Waals surface area contributed by atoms with Crippen LogP contribution in [0.1, 0.15) is 38.1 Å². The number of rotatable bonds is 3. The van der Waals surface area contributed by atoms with E-state index in [9.17, 15) is 4.79 Å². The van der Waals surface area contributed by atoms with Crippen molar-refractivity contribution in [1.29, 1.82) is 0 Å². The van der Waals surface area contributed by atoms with E-state index in [1.807, 2.05) is 30.3 Å². The number of hydrogen-bond acceptors (Lipinski definition) is 2. The van der Waals surface area contributed by atoms with Gasteiger partial charge in [-0.05, 0) is 35.2 Å². The van der Waals surface area contributed by atoms with Gasteiger partial charge >= 0.3 is 0 Å². The molecule has 0 spiro atoms. The molecule has 1 aromatic heterocycles. The Bertz CT molecular complexity index is 966. The lowest BCUT2D eigenvalue weighted by Gasteiger charge is -2.36. The maximum absolute atomic E-state index is 11.6. The van der Waals surface area contributed by atoms with Gasteiger partial charge in [0.1, 0.15) is 8.07 Å². The van der Waals surface area contributed by atoms with Gasteiger partial charge in [-0.25, -0.2) is 0 Å². The zero-order valence-corrected chi connectivity index (χ0v) is 17.6. The molecule has 3 heteroatoms. The number of para-hydroxylation sites is 1. The van der Waals surface area contributed by atoms with Crippen molar-refractivity contribution in [3.63, 3.8) is 0 Å². The summed E-state index contributed by atoms with van der Waals surface area (Å²) in [6.45, 7) is 13.3. The van der Waals surface area contributed by atoms with Gasteiger partial charge < -0.3 is 0 Å². The minimum absolute atomic E-state index is 0.0955. The molecule has 2 nitrogen and oxygen atoms in total. The highest BCUT2D eigenvalue weighted by Crippen LogP contribution is 2.37. The minimum atomic E-state index is -1.76. The molecule has 0 atom stereocenters. The van der Waals surface area contributed by atoms with E-state index in [2.05, 4.69) is 58.1 Å². The summed E-state index contributed by atoms with van der Waals surface area (Å²) in [4.78, 5) is 16.6. The molecule has 0 aliphatic heterocycles. The zero-order chi connectivity index (χ0) is 19.1. The van der Waals surface area contributed by atoms with Crippen LogP contribution >= 0.6 is 0 Å². The molecule has 1 heterocycles. The van der Waals surface area contributed by atoms with E-state index in [1.165, 1.54) is 10.9 Å². The molecule has 134 valence electrons. The maximum atomic E-state index is 11.6. The van der Waals surface area contributed by atoms with Gasteiger partial charge in [0.25, 0.3) is 0 Å². The maximum Gasteiger partial charge on any atom is 0.159 e. The van der Waals surface area contributed by atoms with Crippen molar-refractivity contribution in [2.75, 3.05) is 0 Å². The Hall–Kier alpha value is -2.26. The predicted molar refractivity (Wildman–Crippen MR) is 114 cm³/mol. The summed E-state index contributed by atoms with van der Waals surface area (Å²) in [5, 5.41) is 2.61. The minimum Gasteiger partial charge on any atom is -0.295 e. The Balaban J connectivity index is 2.25. The Kier molecular flexibility index (Phi) is 4.61. The number of aromatic nitrogens is 1. The summed E-state index contributed by atoms with van der Waals surface area (Å²) in [5.74, 6) is 0.0955. The molecule has 0 fully saturated rings. The summed E-state index contributed by atoms with van der Waals surface area (Å²) in [5.41, 5.74) is 4.12. The molecule has 0 saturated heterocycles. The van der Waals surface area contributed by atoms with Gasteiger partial charge in [-0.3, -0.25) is 9.78 Å². The predicted octanol–water partition coefficient (Wildman–Crippen LogP) is 5.82. The molecule has 2 aromatic carbocycles. The first-order valence-corrected chi connectivity index (χ1v) is 12.1. The number of benzene rings is 2. The number of hydrogen-bond donors (Lipinski definition) is 0. The third kappa shape index (κ3) is 3.24. The molecule has 3 rings (SSSR count). The molecule has 0 radical (unpaired) electrons. The normalized spacial score (nSPS) is 12.4. The van der Waals surface area contributed by atoms with Gasteiger partial charge in [0.15, 0.2) is 5.78 Å². The molecule has 0 unspecified atom stereocenters. The molecule has 26 heavy (non-hydrogen) atoms. The van der Waals surface area contributed by atoms with Crippen molar-refractivity contribution >= 4 is 30.1 Å². The molecular weight excluding hydrogens is 334 g/mol. The summed E-state index contributed by atoms with van der Waals surface area (Å²) in [6, 6.07) is 18.5. The number of Topliss-reactive ketones (excluding diaryl/α,β-unsaturated/α-hetero) is 1. The van der Waals surface area contributed by atoms with Crippen molar-refractivity contribution < 1.29 is 4.79 Å². The number of pyridine rings is 1. The van der Waals surface area contributed by atoms with Crippen molar-refractivity contribution in [2.24, 2.45) is 0 Å². The standard InChI is InChI=1S/C23H27NOSi/c1-16(25)17-11-13-18(14-12-17)20-15-22(26(5,6)23(2,3)4)24-21-10-8-7-9-19(20)21/h7-15H,1-6H3. The van der Waals surface area contributed by atoms with Crippen LogP contribution in [0.15, 0.2) is 54.6 Å². The van der Waals surface area contributed by atoms with Crippen LogP contribution in [0, 0.1) is 0 Å². The van der Waals surface area contributed by atoms with Crippen molar-refractivity contribution in [2.45, 2.75) is 45.8 Å². The average molecular weight is 362 g/mol. The van der Waals surface area contributed by atoms with Crippen molar-refractivity contribution in [1.82, 2.24) is 4.98 Å².